The maximum atomic E-state index is 13.0. The largest absolute Gasteiger partial charge is 0.301 e. The second kappa shape index (κ2) is 7.85. The van der Waals surface area contributed by atoms with Crippen LogP contribution in [0.5, 0.6) is 0 Å². The first-order chi connectivity index (χ1) is 12.4. The van der Waals surface area contributed by atoms with Crippen molar-refractivity contribution >= 4 is 32.4 Å². The fourth-order valence-electron chi connectivity index (χ4n) is 3.18. The molecule has 1 fully saturated rings. The van der Waals surface area contributed by atoms with Crippen LogP contribution < -0.4 is 5.32 Å². The minimum atomic E-state index is -3.70. The SMILES string of the molecule is CCc1nc(NC(=O)C2CCCCN2S(=O)(=O)c2ccccc2)sc1C. The van der Waals surface area contributed by atoms with Gasteiger partial charge in [0, 0.05) is 11.4 Å². The Morgan fingerprint density at radius 1 is 1.31 bits per heavy atom. The van der Waals surface area contributed by atoms with Crippen molar-refractivity contribution in [2.24, 2.45) is 0 Å². The number of hydrogen-bond donors (Lipinski definition) is 1. The van der Waals surface area contributed by atoms with Gasteiger partial charge in [-0.1, -0.05) is 31.5 Å². The van der Waals surface area contributed by atoms with Crippen LogP contribution >= 0.6 is 11.3 Å². The summed E-state index contributed by atoms with van der Waals surface area (Å²) in [5.41, 5.74) is 0.961. The van der Waals surface area contributed by atoms with Gasteiger partial charge in [0.1, 0.15) is 6.04 Å². The van der Waals surface area contributed by atoms with Gasteiger partial charge >= 0.3 is 0 Å². The number of sulfonamides is 1. The maximum Gasteiger partial charge on any atom is 0.244 e. The van der Waals surface area contributed by atoms with Crippen molar-refractivity contribution in [2.45, 2.75) is 50.5 Å². The average Bonchev–Trinajstić information content (AvgIpc) is 3.01. The zero-order valence-electron chi connectivity index (χ0n) is 14.9. The first kappa shape index (κ1) is 19.0. The summed E-state index contributed by atoms with van der Waals surface area (Å²) in [6.07, 6.45) is 2.90. The molecule has 1 aliphatic rings. The van der Waals surface area contributed by atoms with E-state index < -0.39 is 16.1 Å². The molecule has 1 unspecified atom stereocenters. The second-order valence-electron chi connectivity index (χ2n) is 6.31. The third-order valence-corrected chi connectivity index (χ3v) is 7.41. The molecule has 0 bridgehead atoms. The molecule has 1 atom stereocenters. The molecule has 26 heavy (non-hydrogen) atoms. The van der Waals surface area contributed by atoms with Crippen LogP contribution in [0, 0.1) is 6.92 Å². The summed E-state index contributed by atoms with van der Waals surface area (Å²) in [5, 5.41) is 3.36. The minimum absolute atomic E-state index is 0.220. The van der Waals surface area contributed by atoms with Crippen LogP contribution in [0.4, 0.5) is 5.13 Å². The van der Waals surface area contributed by atoms with E-state index in [4.69, 9.17) is 0 Å². The van der Waals surface area contributed by atoms with Crippen LogP contribution in [0.2, 0.25) is 0 Å². The van der Waals surface area contributed by atoms with Crippen LogP contribution in [-0.4, -0.2) is 36.2 Å². The molecule has 1 aliphatic heterocycles. The molecule has 1 amide bonds. The van der Waals surface area contributed by atoms with E-state index in [9.17, 15) is 13.2 Å². The van der Waals surface area contributed by atoms with Crippen molar-refractivity contribution in [1.82, 2.24) is 9.29 Å². The molecule has 1 saturated heterocycles. The third-order valence-electron chi connectivity index (χ3n) is 4.56. The smallest absolute Gasteiger partial charge is 0.244 e. The van der Waals surface area contributed by atoms with Crippen molar-refractivity contribution in [3.05, 3.63) is 40.9 Å². The summed E-state index contributed by atoms with van der Waals surface area (Å²) in [5.74, 6) is -0.305. The minimum Gasteiger partial charge on any atom is -0.301 e. The number of carbonyl (C=O) groups excluding carboxylic acids is 1. The van der Waals surface area contributed by atoms with E-state index in [0.29, 0.717) is 18.1 Å². The number of rotatable bonds is 5. The van der Waals surface area contributed by atoms with Crippen molar-refractivity contribution in [3.8, 4) is 0 Å². The first-order valence-corrected chi connectivity index (χ1v) is 11.0. The Bertz CT molecular complexity index is 878. The highest BCUT2D eigenvalue weighted by atomic mass is 32.2. The molecule has 0 radical (unpaired) electrons. The lowest BCUT2D eigenvalue weighted by Crippen LogP contribution is -2.49. The lowest BCUT2D eigenvalue weighted by molar-refractivity contribution is -0.120. The molecule has 140 valence electrons. The van der Waals surface area contributed by atoms with E-state index >= 15 is 0 Å². The lowest BCUT2D eigenvalue weighted by atomic mass is 10.0. The zero-order chi connectivity index (χ0) is 18.7. The number of carbonyl (C=O) groups is 1. The van der Waals surface area contributed by atoms with Gasteiger partial charge in [-0.2, -0.15) is 4.31 Å². The molecule has 2 heterocycles. The Morgan fingerprint density at radius 3 is 2.69 bits per heavy atom. The number of aryl methyl sites for hydroxylation is 2. The fourth-order valence-corrected chi connectivity index (χ4v) is 5.76. The monoisotopic (exact) mass is 393 g/mol. The number of nitrogens with zero attached hydrogens (tertiary/aromatic N) is 2. The summed E-state index contributed by atoms with van der Waals surface area (Å²) in [4.78, 5) is 18.5. The van der Waals surface area contributed by atoms with Gasteiger partial charge in [-0.25, -0.2) is 13.4 Å². The van der Waals surface area contributed by atoms with Gasteiger partial charge in [0.25, 0.3) is 0 Å². The quantitative estimate of drug-likeness (QED) is 0.846. The summed E-state index contributed by atoms with van der Waals surface area (Å²) in [6, 6.07) is 7.58. The molecule has 2 aromatic rings. The van der Waals surface area contributed by atoms with Gasteiger partial charge < -0.3 is 5.32 Å². The number of hydrogen-bond acceptors (Lipinski definition) is 5. The molecular weight excluding hydrogens is 370 g/mol. The number of nitrogens with one attached hydrogen (secondary N) is 1. The van der Waals surface area contributed by atoms with Gasteiger partial charge in [0.05, 0.1) is 10.6 Å². The van der Waals surface area contributed by atoms with Crippen molar-refractivity contribution in [2.75, 3.05) is 11.9 Å². The van der Waals surface area contributed by atoms with Crippen LogP contribution in [0.3, 0.4) is 0 Å². The van der Waals surface area contributed by atoms with Crippen LogP contribution in [0.25, 0.3) is 0 Å². The van der Waals surface area contributed by atoms with Crippen LogP contribution in [-0.2, 0) is 21.2 Å². The first-order valence-electron chi connectivity index (χ1n) is 8.77. The van der Waals surface area contributed by atoms with Gasteiger partial charge in [0.15, 0.2) is 5.13 Å². The number of anilines is 1. The Hall–Kier alpha value is -1.77. The summed E-state index contributed by atoms with van der Waals surface area (Å²) < 4.78 is 27.3. The lowest BCUT2D eigenvalue weighted by Gasteiger charge is -2.33. The maximum absolute atomic E-state index is 13.0. The Labute approximate surface area is 158 Å². The molecule has 8 heteroatoms. The molecule has 3 rings (SSSR count). The number of aromatic nitrogens is 1. The Kier molecular flexibility index (Phi) is 5.74. The Balaban J connectivity index is 1.83. The summed E-state index contributed by atoms with van der Waals surface area (Å²) in [7, 11) is -3.70. The van der Waals surface area contributed by atoms with Crippen molar-refractivity contribution in [1.29, 1.82) is 0 Å². The highest BCUT2D eigenvalue weighted by Crippen LogP contribution is 2.28. The molecule has 0 aliphatic carbocycles. The molecule has 1 N–H and O–H groups in total. The van der Waals surface area contributed by atoms with E-state index in [0.717, 1.165) is 29.8 Å². The Morgan fingerprint density at radius 2 is 2.04 bits per heavy atom. The van der Waals surface area contributed by atoms with E-state index in [1.807, 2.05) is 13.8 Å². The fraction of sp³-hybridized carbons (Fsp3) is 0.444. The highest BCUT2D eigenvalue weighted by Gasteiger charge is 2.37. The summed E-state index contributed by atoms with van der Waals surface area (Å²) in [6.45, 7) is 4.34. The van der Waals surface area contributed by atoms with Crippen molar-refractivity contribution < 1.29 is 13.2 Å². The third kappa shape index (κ3) is 3.82. The zero-order valence-corrected chi connectivity index (χ0v) is 16.6. The highest BCUT2D eigenvalue weighted by molar-refractivity contribution is 7.89. The molecule has 1 aromatic carbocycles. The molecule has 6 nitrogen and oxygen atoms in total. The standard InChI is InChI=1S/C18H23N3O3S2/c1-3-15-13(2)25-18(19-15)20-17(22)16-11-7-8-12-21(16)26(23,24)14-9-5-4-6-10-14/h4-6,9-10,16H,3,7-8,11-12H2,1-2H3,(H,19,20,22). The number of piperidine rings is 1. The average molecular weight is 394 g/mol. The van der Waals surface area contributed by atoms with E-state index in [1.54, 1.807) is 30.3 Å². The predicted molar refractivity (Wildman–Crippen MR) is 103 cm³/mol. The number of thiazole rings is 1. The predicted octanol–water partition coefficient (Wildman–Crippen LogP) is 3.20. The molecule has 0 saturated carbocycles. The van der Waals surface area contributed by atoms with Gasteiger partial charge in [-0.3, -0.25) is 4.79 Å². The topological polar surface area (TPSA) is 79.4 Å². The summed E-state index contributed by atoms with van der Waals surface area (Å²) >= 11 is 1.43. The van der Waals surface area contributed by atoms with E-state index in [-0.39, 0.29) is 10.8 Å². The van der Waals surface area contributed by atoms with Crippen molar-refractivity contribution in [3.63, 3.8) is 0 Å². The number of amides is 1. The van der Waals surface area contributed by atoms with E-state index in [1.165, 1.54) is 15.6 Å². The molecule has 0 spiro atoms. The molecular formula is C18H23N3O3S2. The van der Waals surface area contributed by atoms with Crippen LogP contribution in [0.15, 0.2) is 35.2 Å². The molecule has 1 aromatic heterocycles. The van der Waals surface area contributed by atoms with Gasteiger partial charge in [-0.15, -0.1) is 11.3 Å². The van der Waals surface area contributed by atoms with Gasteiger partial charge in [-0.05, 0) is 38.3 Å². The normalized spacial score (nSPS) is 18.6. The van der Waals surface area contributed by atoms with Gasteiger partial charge in [0.2, 0.25) is 15.9 Å². The second-order valence-corrected chi connectivity index (χ2v) is 9.40. The van der Waals surface area contributed by atoms with Crippen LogP contribution in [0.1, 0.15) is 36.8 Å². The number of benzene rings is 1. The van der Waals surface area contributed by atoms with E-state index in [2.05, 4.69) is 10.3 Å².